The van der Waals surface area contributed by atoms with Crippen molar-refractivity contribution < 1.29 is 19.1 Å². The van der Waals surface area contributed by atoms with Crippen LogP contribution in [0.15, 0.2) is 18.3 Å². The van der Waals surface area contributed by atoms with Crippen molar-refractivity contribution in [2.75, 3.05) is 13.7 Å². The molecule has 22 heavy (non-hydrogen) atoms. The summed E-state index contributed by atoms with van der Waals surface area (Å²) in [5.41, 5.74) is 0.410. The van der Waals surface area contributed by atoms with Gasteiger partial charge in [-0.25, -0.2) is 14.6 Å². The Balaban J connectivity index is 2.39. The molecule has 0 aliphatic carbocycles. The van der Waals surface area contributed by atoms with E-state index in [-0.39, 0.29) is 5.69 Å². The molecule has 6 heteroatoms. The third-order valence-electron chi connectivity index (χ3n) is 2.31. The van der Waals surface area contributed by atoms with Gasteiger partial charge in [-0.1, -0.05) is 11.8 Å². The van der Waals surface area contributed by atoms with Gasteiger partial charge in [0.05, 0.1) is 7.11 Å². The Morgan fingerprint density at radius 2 is 2.05 bits per heavy atom. The predicted molar refractivity (Wildman–Crippen MR) is 81.3 cm³/mol. The zero-order valence-corrected chi connectivity index (χ0v) is 13.2. The highest BCUT2D eigenvalue weighted by Gasteiger charge is 2.15. The van der Waals surface area contributed by atoms with Crippen molar-refractivity contribution in [3.63, 3.8) is 0 Å². The number of hydrogen-bond donors (Lipinski definition) is 1. The molecule has 0 aromatic carbocycles. The molecule has 6 nitrogen and oxygen atoms in total. The summed E-state index contributed by atoms with van der Waals surface area (Å²) in [6.07, 6.45) is 1.52. The van der Waals surface area contributed by atoms with Gasteiger partial charge in [0.25, 0.3) is 0 Å². The summed E-state index contributed by atoms with van der Waals surface area (Å²) in [6.45, 7) is 5.81. The molecule has 118 valence electrons. The number of alkyl carbamates (subject to hydrolysis) is 1. The third kappa shape index (κ3) is 6.75. The van der Waals surface area contributed by atoms with Gasteiger partial charge in [-0.15, -0.1) is 0 Å². The average molecular weight is 304 g/mol. The maximum Gasteiger partial charge on any atom is 0.407 e. The zero-order chi connectivity index (χ0) is 16.6. The van der Waals surface area contributed by atoms with E-state index in [1.54, 1.807) is 32.9 Å². The van der Waals surface area contributed by atoms with Gasteiger partial charge in [-0.05, 0) is 32.9 Å². The lowest BCUT2D eigenvalue weighted by Gasteiger charge is -2.19. The van der Waals surface area contributed by atoms with E-state index in [0.29, 0.717) is 18.5 Å². The summed E-state index contributed by atoms with van der Waals surface area (Å²) in [5.74, 6) is 5.32. The molecule has 0 saturated carbocycles. The molecule has 1 rings (SSSR count). The normalized spacial score (nSPS) is 10.2. The van der Waals surface area contributed by atoms with Crippen molar-refractivity contribution in [3.8, 4) is 11.8 Å². The molecule has 0 spiro atoms. The quantitative estimate of drug-likeness (QED) is 0.526. The SMILES string of the molecule is COC(=O)c1ccc(C#CCCNC(=O)OC(C)(C)C)cn1. The monoisotopic (exact) mass is 304 g/mol. The summed E-state index contributed by atoms with van der Waals surface area (Å²) < 4.78 is 9.65. The largest absolute Gasteiger partial charge is 0.464 e. The molecular weight excluding hydrogens is 284 g/mol. The predicted octanol–water partition coefficient (Wildman–Crippen LogP) is 2.13. The standard InChI is InChI=1S/C16H20N2O4/c1-16(2,3)22-15(20)17-10-6-5-7-12-8-9-13(18-11-12)14(19)21-4/h8-9,11H,6,10H2,1-4H3,(H,17,20). The molecule has 0 saturated heterocycles. The van der Waals surface area contributed by atoms with Gasteiger partial charge in [0.2, 0.25) is 0 Å². The summed E-state index contributed by atoms with van der Waals surface area (Å²) in [4.78, 5) is 26.6. The van der Waals surface area contributed by atoms with Gasteiger partial charge in [0.15, 0.2) is 0 Å². The van der Waals surface area contributed by atoms with Crippen LogP contribution in [0.5, 0.6) is 0 Å². The number of amides is 1. The number of ether oxygens (including phenoxy) is 2. The first-order valence-electron chi connectivity index (χ1n) is 6.82. The highest BCUT2D eigenvalue weighted by atomic mass is 16.6. The van der Waals surface area contributed by atoms with Crippen molar-refractivity contribution in [1.82, 2.24) is 10.3 Å². The number of esters is 1. The molecule has 0 atom stereocenters. The number of carbonyl (C=O) groups excluding carboxylic acids is 2. The van der Waals surface area contributed by atoms with E-state index in [2.05, 4.69) is 26.9 Å². The topological polar surface area (TPSA) is 77.5 Å². The van der Waals surface area contributed by atoms with Crippen LogP contribution in [-0.2, 0) is 9.47 Å². The lowest BCUT2D eigenvalue weighted by Crippen LogP contribution is -2.32. The van der Waals surface area contributed by atoms with Gasteiger partial charge in [-0.3, -0.25) is 0 Å². The second kappa shape index (κ2) is 8.03. The number of nitrogens with one attached hydrogen (secondary N) is 1. The maximum atomic E-state index is 11.4. The Morgan fingerprint density at radius 3 is 2.59 bits per heavy atom. The summed E-state index contributed by atoms with van der Waals surface area (Å²) in [6, 6.07) is 3.24. The number of carbonyl (C=O) groups is 2. The molecule has 1 aromatic rings. The molecule has 1 amide bonds. The smallest absolute Gasteiger partial charge is 0.407 e. The van der Waals surface area contributed by atoms with Crippen LogP contribution in [0.25, 0.3) is 0 Å². The van der Waals surface area contributed by atoms with E-state index in [1.807, 2.05) is 0 Å². The molecule has 1 aromatic heterocycles. The maximum absolute atomic E-state index is 11.4. The summed E-state index contributed by atoms with van der Waals surface area (Å²) >= 11 is 0. The molecule has 1 N–H and O–H groups in total. The molecular formula is C16H20N2O4. The highest BCUT2D eigenvalue weighted by Crippen LogP contribution is 2.06. The highest BCUT2D eigenvalue weighted by molar-refractivity contribution is 5.87. The van der Waals surface area contributed by atoms with Crippen molar-refractivity contribution in [2.24, 2.45) is 0 Å². The van der Waals surface area contributed by atoms with E-state index in [4.69, 9.17) is 4.74 Å². The zero-order valence-electron chi connectivity index (χ0n) is 13.2. The Bertz CT molecular complexity index is 577. The fraction of sp³-hybridized carbons (Fsp3) is 0.438. The Morgan fingerprint density at radius 1 is 1.32 bits per heavy atom. The van der Waals surface area contributed by atoms with Crippen molar-refractivity contribution >= 4 is 12.1 Å². The molecule has 1 heterocycles. The van der Waals surface area contributed by atoms with Crippen LogP contribution in [-0.4, -0.2) is 36.3 Å². The number of methoxy groups -OCH3 is 1. The minimum Gasteiger partial charge on any atom is -0.464 e. The Hall–Kier alpha value is -2.55. The van der Waals surface area contributed by atoms with Crippen LogP contribution in [0.1, 0.15) is 43.2 Å². The van der Waals surface area contributed by atoms with Gasteiger partial charge in [0, 0.05) is 24.7 Å². The van der Waals surface area contributed by atoms with E-state index < -0.39 is 17.7 Å². The first-order chi connectivity index (χ1) is 10.3. The lowest BCUT2D eigenvalue weighted by molar-refractivity contribution is 0.0527. The van der Waals surface area contributed by atoms with Crippen LogP contribution in [0, 0.1) is 11.8 Å². The van der Waals surface area contributed by atoms with Crippen LogP contribution < -0.4 is 5.32 Å². The fourth-order valence-corrected chi connectivity index (χ4v) is 1.40. The van der Waals surface area contributed by atoms with E-state index in [0.717, 1.165) is 0 Å². The second-order valence-corrected chi connectivity index (χ2v) is 5.40. The Labute approximate surface area is 130 Å². The third-order valence-corrected chi connectivity index (χ3v) is 2.31. The first kappa shape index (κ1) is 17.5. The van der Waals surface area contributed by atoms with Crippen molar-refractivity contribution in [3.05, 3.63) is 29.6 Å². The van der Waals surface area contributed by atoms with Crippen LogP contribution in [0.3, 0.4) is 0 Å². The van der Waals surface area contributed by atoms with Gasteiger partial charge >= 0.3 is 12.1 Å². The number of aromatic nitrogens is 1. The minimum atomic E-state index is -0.511. The molecule has 0 aliphatic heterocycles. The molecule has 0 bridgehead atoms. The fourth-order valence-electron chi connectivity index (χ4n) is 1.40. The van der Waals surface area contributed by atoms with E-state index in [1.165, 1.54) is 13.3 Å². The van der Waals surface area contributed by atoms with Crippen molar-refractivity contribution in [2.45, 2.75) is 32.8 Å². The van der Waals surface area contributed by atoms with Crippen molar-refractivity contribution in [1.29, 1.82) is 0 Å². The summed E-state index contributed by atoms with van der Waals surface area (Å²) in [5, 5.41) is 2.62. The first-order valence-corrected chi connectivity index (χ1v) is 6.82. The Kier molecular flexibility index (Phi) is 6.39. The second-order valence-electron chi connectivity index (χ2n) is 5.40. The van der Waals surface area contributed by atoms with E-state index in [9.17, 15) is 9.59 Å². The number of rotatable bonds is 3. The van der Waals surface area contributed by atoms with Crippen LogP contribution >= 0.6 is 0 Å². The van der Waals surface area contributed by atoms with E-state index >= 15 is 0 Å². The number of nitrogens with zero attached hydrogens (tertiary/aromatic N) is 1. The number of hydrogen-bond acceptors (Lipinski definition) is 5. The average Bonchev–Trinajstić information content (AvgIpc) is 2.45. The van der Waals surface area contributed by atoms with Crippen LogP contribution in [0.4, 0.5) is 4.79 Å². The summed E-state index contributed by atoms with van der Waals surface area (Å²) in [7, 11) is 1.30. The lowest BCUT2D eigenvalue weighted by atomic mass is 10.2. The van der Waals surface area contributed by atoms with Gasteiger partial charge in [-0.2, -0.15) is 0 Å². The van der Waals surface area contributed by atoms with Crippen LogP contribution in [0.2, 0.25) is 0 Å². The van der Waals surface area contributed by atoms with Gasteiger partial charge in [0.1, 0.15) is 11.3 Å². The minimum absolute atomic E-state index is 0.236. The molecule has 0 radical (unpaired) electrons. The molecule has 0 fully saturated rings. The number of pyridine rings is 1. The van der Waals surface area contributed by atoms with Gasteiger partial charge < -0.3 is 14.8 Å². The molecule has 0 aliphatic rings. The molecule has 0 unspecified atom stereocenters.